The molecule has 7 heteroatoms. The summed E-state index contributed by atoms with van der Waals surface area (Å²) in [5.41, 5.74) is 0.326. The number of carbonyl (C=O) groups excluding carboxylic acids is 1. The molecule has 2 unspecified atom stereocenters. The highest BCUT2D eigenvalue weighted by Gasteiger charge is 2.44. The maximum Gasteiger partial charge on any atom is 0.271 e. The van der Waals surface area contributed by atoms with Gasteiger partial charge in [-0.3, -0.25) is 14.9 Å². The Kier molecular flexibility index (Phi) is 3.77. The second kappa shape index (κ2) is 5.75. The number of nitro benzene ring substituents is 1. The highest BCUT2D eigenvalue weighted by Crippen LogP contribution is 2.48. The lowest BCUT2D eigenvalue weighted by atomic mass is 10.1. The van der Waals surface area contributed by atoms with Gasteiger partial charge in [0.15, 0.2) is 0 Å². The number of nitro groups is 1. The molecule has 1 aliphatic carbocycles. The second-order valence-corrected chi connectivity index (χ2v) is 5.41. The van der Waals surface area contributed by atoms with E-state index in [2.05, 4.69) is 5.32 Å². The van der Waals surface area contributed by atoms with E-state index < -0.39 is 16.6 Å². The summed E-state index contributed by atoms with van der Waals surface area (Å²) in [6, 6.07) is 8.83. The molecule has 0 bridgehead atoms. The largest absolute Gasteiger partial charge is 0.323 e. The van der Waals surface area contributed by atoms with Gasteiger partial charge in [0.1, 0.15) is 11.6 Å². The first-order valence-electron chi connectivity index (χ1n) is 6.96. The van der Waals surface area contributed by atoms with Crippen LogP contribution in [0.2, 0.25) is 0 Å². The van der Waals surface area contributed by atoms with E-state index >= 15 is 0 Å². The van der Waals surface area contributed by atoms with E-state index in [1.807, 2.05) is 0 Å². The minimum atomic E-state index is -0.733. The van der Waals surface area contributed by atoms with Crippen LogP contribution in [-0.2, 0) is 4.79 Å². The number of hydrogen-bond acceptors (Lipinski definition) is 3. The molecule has 1 fully saturated rings. The van der Waals surface area contributed by atoms with Crippen LogP contribution in [0.25, 0.3) is 0 Å². The maximum atomic E-state index is 13.7. The standard InChI is InChI=1S/C16H12F2N2O3/c17-10-3-1-9(2-4-10)12-8-13(12)16(21)19-15-7-11(20(22)23)5-6-14(15)18/h1-7,12-13H,8H2,(H,19,21). The average molecular weight is 318 g/mol. The number of non-ortho nitro benzene ring substituents is 1. The maximum absolute atomic E-state index is 13.7. The number of halogens is 2. The number of benzene rings is 2. The van der Waals surface area contributed by atoms with Crippen molar-refractivity contribution in [3.05, 3.63) is 69.8 Å². The molecule has 23 heavy (non-hydrogen) atoms. The van der Waals surface area contributed by atoms with Gasteiger partial charge in [0, 0.05) is 18.1 Å². The van der Waals surface area contributed by atoms with Crippen molar-refractivity contribution in [3.8, 4) is 0 Å². The van der Waals surface area contributed by atoms with Crippen LogP contribution in [0.4, 0.5) is 20.2 Å². The van der Waals surface area contributed by atoms with Crippen molar-refractivity contribution in [2.24, 2.45) is 5.92 Å². The zero-order valence-corrected chi connectivity index (χ0v) is 11.8. The van der Waals surface area contributed by atoms with Crippen LogP contribution in [0.5, 0.6) is 0 Å². The lowest BCUT2D eigenvalue weighted by Crippen LogP contribution is -2.15. The third kappa shape index (κ3) is 3.18. The summed E-state index contributed by atoms with van der Waals surface area (Å²) in [4.78, 5) is 22.2. The lowest BCUT2D eigenvalue weighted by Gasteiger charge is -2.06. The van der Waals surface area contributed by atoms with Gasteiger partial charge in [-0.25, -0.2) is 8.78 Å². The zero-order valence-electron chi connectivity index (χ0n) is 11.8. The fourth-order valence-corrected chi connectivity index (χ4v) is 2.51. The Morgan fingerprint density at radius 1 is 1.17 bits per heavy atom. The molecule has 0 heterocycles. The Hall–Kier alpha value is -2.83. The smallest absolute Gasteiger partial charge is 0.271 e. The average Bonchev–Trinajstić information content (AvgIpc) is 3.30. The summed E-state index contributed by atoms with van der Waals surface area (Å²) in [6.07, 6.45) is 0.577. The van der Waals surface area contributed by atoms with Crippen molar-refractivity contribution in [1.29, 1.82) is 0 Å². The van der Waals surface area contributed by atoms with Gasteiger partial charge in [0.2, 0.25) is 5.91 Å². The predicted molar refractivity (Wildman–Crippen MR) is 78.9 cm³/mol. The molecule has 118 valence electrons. The first-order valence-corrected chi connectivity index (χ1v) is 6.96. The van der Waals surface area contributed by atoms with Gasteiger partial charge in [0.05, 0.1) is 10.6 Å². The minimum absolute atomic E-state index is 0.0441. The van der Waals surface area contributed by atoms with E-state index in [0.29, 0.717) is 6.42 Å². The van der Waals surface area contributed by atoms with E-state index in [1.54, 1.807) is 12.1 Å². The summed E-state index contributed by atoms with van der Waals surface area (Å²) in [5, 5.41) is 13.1. The highest BCUT2D eigenvalue weighted by atomic mass is 19.1. The number of amides is 1. The molecular formula is C16H12F2N2O3. The normalized spacial score (nSPS) is 19.2. The zero-order chi connectivity index (χ0) is 16.6. The van der Waals surface area contributed by atoms with Gasteiger partial charge in [-0.15, -0.1) is 0 Å². The van der Waals surface area contributed by atoms with Crippen molar-refractivity contribution in [1.82, 2.24) is 0 Å². The highest BCUT2D eigenvalue weighted by molar-refractivity contribution is 5.95. The third-order valence-corrected chi connectivity index (χ3v) is 3.84. The Morgan fingerprint density at radius 3 is 2.52 bits per heavy atom. The first-order chi connectivity index (χ1) is 11.0. The summed E-state index contributed by atoms with van der Waals surface area (Å²) in [6.45, 7) is 0. The molecule has 1 amide bonds. The number of anilines is 1. The molecule has 0 aromatic heterocycles. The van der Waals surface area contributed by atoms with Gasteiger partial charge < -0.3 is 5.32 Å². The van der Waals surface area contributed by atoms with Gasteiger partial charge in [-0.1, -0.05) is 12.1 Å². The number of carbonyl (C=O) groups is 1. The van der Waals surface area contributed by atoms with Crippen LogP contribution < -0.4 is 5.32 Å². The second-order valence-electron chi connectivity index (χ2n) is 5.41. The van der Waals surface area contributed by atoms with E-state index in [0.717, 1.165) is 23.8 Å². The molecule has 0 saturated heterocycles. The monoisotopic (exact) mass is 318 g/mol. The molecule has 5 nitrogen and oxygen atoms in total. The van der Waals surface area contributed by atoms with Gasteiger partial charge in [-0.05, 0) is 36.1 Å². The van der Waals surface area contributed by atoms with Crippen molar-refractivity contribution in [3.63, 3.8) is 0 Å². The Balaban J connectivity index is 1.70. The molecule has 2 aromatic rings. The SMILES string of the molecule is O=C(Nc1cc([N+](=O)[O-])ccc1F)C1CC1c1ccc(F)cc1. The van der Waals surface area contributed by atoms with Crippen LogP contribution in [0.3, 0.4) is 0 Å². The van der Waals surface area contributed by atoms with E-state index in [1.165, 1.54) is 12.1 Å². The van der Waals surface area contributed by atoms with E-state index in [9.17, 15) is 23.7 Å². The van der Waals surface area contributed by atoms with Crippen LogP contribution in [-0.4, -0.2) is 10.8 Å². The Bertz CT molecular complexity index is 777. The van der Waals surface area contributed by atoms with Crippen LogP contribution in [0.1, 0.15) is 17.9 Å². The van der Waals surface area contributed by atoms with Crippen LogP contribution >= 0.6 is 0 Å². The van der Waals surface area contributed by atoms with Crippen LogP contribution in [0.15, 0.2) is 42.5 Å². The van der Waals surface area contributed by atoms with Gasteiger partial charge >= 0.3 is 0 Å². The molecule has 2 aromatic carbocycles. The molecular weight excluding hydrogens is 306 g/mol. The topological polar surface area (TPSA) is 72.2 Å². The molecule has 1 saturated carbocycles. The quantitative estimate of drug-likeness (QED) is 0.691. The Labute approximate surface area is 130 Å². The van der Waals surface area contributed by atoms with E-state index in [4.69, 9.17) is 0 Å². The van der Waals surface area contributed by atoms with E-state index in [-0.39, 0.29) is 29.0 Å². The van der Waals surface area contributed by atoms with Crippen LogP contribution in [0, 0.1) is 27.7 Å². The van der Waals surface area contributed by atoms with Crippen molar-refractivity contribution >= 4 is 17.3 Å². The van der Waals surface area contributed by atoms with Crippen molar-refractivity contribution in [2.75, 3.05) is 5.32 Å². The third-order valence-electron chi connectivity index (χ3n) is 3.84. The van der Waals surface area contributed by atoms with Gasteiger partial charge in [-0.2, -0.15) is 0 Å². The fourth-order valence-electron chi connectivity index (χ4n) is 2.51. The van der Waals surface area contributed by atoms with Gasteiger partial charge in [0.25, 0.3) is 5.69 Å². The number of nitrogens with zero attached hydrogens (tertiary/aromatic N) is 1. The molecule has 2 atom stereocenters. The Morgan fingerprint density at radius 2 is 1.87 bits per heavy atom. The molecule has 3 rings (SSSR count). The molecule has 0 aliphatic heterocycles. The number of rotatable bonds is 4. The molecule has 0 spiro atoms. The first kappa shape index (κ1) is 15.1. The molecule has 1 aliphatic rings. The summed E-state index contributed by atoms with van der Waals surface area (Å²) < 4.78 is 26.5. The lowest BCUT2D eigenvalue weighted by molar-refractivity contribution is -0.384. The number of hydrogen-bond donors (Lipinski definition) is 1. The van der Waals surface area contributed by atoms with Crippen molar-refractivity contribution in [2.45, 2.75) is 12.3 Å². The summed E-state index contributed by atoms with van der Waals surface area (Å²) >= 11 is 0. The molecule has 0 radical (unpaired) electrons. The molecule has 1 N–H and O–H groups in total. The summed E-state index contributed by atoms with van der Waals surface area (Å²) in [5.74, 6) is -1.88. The van der Waals surface area contributed by atoms with Crippen molar-refractivity contribution < 1.29 is 18.5 Å². The predicted octanol–water partition coefficient (Wildman–Crippen LogP) is 3.62. The number of nitrogens with one attached hydrogen (secondary N) is 1. The fraction of sp³-hybridized carbons (Fsp3) is 0.188. The minimum Gasteiger partial charge on any atom is -0.323 e. The summed E-state index contributed by atoms with van der Waals surface area (Å²) in [7, 11) is 0.